The summed E-state index contributed by atoms with van der Waals surface area (Å²) in [5.74, 6) is -2.82. The van der Waals surface area contributed by atoms with Crippen molar-refractivity contribution in [3.63, 3.8) is 0 Å². The Morgan fingerprint density at radius 1 is 0.900 bits per heavy atom. The number of carbonyl (C=O) groups excluding carboxylic acids is 5. The molecule has 1 heterocycles. The zero-order chi connectivity index (χ0) is 28.7. The molecule has 11 nitrogen and oxygen atoms in total. The van der Waals surface area contributed by atoms with Gasteiger partial charge in [-0.15, -0.1) is 0 Å². The summed E-state index contributed by atoms with van der Waals surface area (Å²) in [6, 6.07) is 10.5. The van der Waals surface area contributed by atoms with E-state index >= 15 is 0 Å². The molecular formula is C27H22Br2N2O9. The van der Waals surface area contributed by atoms with Crippen molar-refractivity contribution in [2.45, 2.75) is 22.5 Å². The molecule has 0 spiro atoms. The number of carbonyl (C=O) groups is 5. The maximum Gasteiger partial charge on any atom is 0.343 e. The van der Waals surface area contributed by atoms with Crippen LogP contribution in [-0.2, 0) is 19.1 Å². The van der Waals surface area contributed by atoms with Crippen LogP contribution >= 0.6 is 31.9 Å². The molecule has 1 aliphatic heterocycles. The van der Waals surface area contributed by atoms with E-state index in [4.69, 9.17) is 9.47 Å². The van der Waals surface area contributed by atoms with Gasteiger partial charge in [0.2, 0.25) is 11.8 Å². The molecule has 6 atom stereocenters. The van der Waals surface area contributed by atoms with Gasteiger partial charge in [-0.25, -0.2) is 4.79 Å². The van der Waals surface area contributed by atoms with Crippen molar-refractivity contribution in [3.8, 4) is 5.75 Å². The summed E-state index contributed by atoms with van der Waals surface area (Å²) in [6.07, 6.45) is 0.604. The monoisotopic (exact) mass is 676 g/mol. The third-order valence-electron chi connectivity index (χ3n) is 7.68. The highest BCUT2D eigenvalue weighted by Gasteiger charge is 2.66. The summed E-state index contributed by atoms with van der Waals surface area (Å²) < 4.78 is 10.3. The normalized spacial score (nSPS) is 26.5. The number of Topliss-reactive ketones (excluding diaryl/α,β-unsaturated/α-hetero) is 1. The number of ether oxygens (including phenoxy) is 2. The predicted molar refractivity (Wildman–Crippen MR) is 145 cm³/mol. The van der Waals surface area contributed by atoms with Crippen LogP contribution in [-0.4, -0.2) is 62.2 Å². The topological polar surface area (TPSA) is 150 Å². The summed E-state index contributed by atoms with van der Waals surface area (Å²) in [6.45, 7) is -0.625. The first-order chi connectivity index (χ1) is 19.1. The number of halogens is 2. The van der Waals surface area contributed by atoms with Crippen molar-refractivity contribution >= 4 is 67.1 Å². The first-order valence-electron chi connectivity index (χ1n) is 12.5. The summed E-state index contributed by atoms with van der Waals surface area (Å²) >= 11 is 7.27. The second kappa shape index (κ2) is 11.2. The van der Waals surface area contributed by atoms with Crippen molar-refractivity contribution in [1.82, 2.24) is 4.90 Å². The van der Waals surface area contributed by atoms with Gasteiger partial charge in [0.05, 0.1) is 28.7 Å². The average Bonchev–Trinajstić information content (AvgIpc) is 3.55. The fraction of sp³-hybridized carbons (Fsp3) is 0.370. The van der Waals surface area contributed by atoms with Gasteiger partial charge < -0.3 is 9.47 Å². The van der Waals surface area contributed by atoms with E-state index in [9.17, 15) is 34.1 Å². The Hall–Kier alpha value is -3.45. The molecule has 13 heteroatoms. The number of alkyl halides is 2. The second-order valence-electron chi connectivity index (χ2n) is 9.88. The third-order valence-corrected chi connectivity index (χ3v) is 10.9. The maximum absolute atomic E-state index is 12.9. The molecule has 2 aliphatic carbocycles. The van der Waals surface area contributed by atoms with Crippen LogP contribution in [0, 0.1) is 33.8 Å². The molecule has 0 aromatic heterocycles. The van der Waals surface area contributed by atoms with E-state index in [0.29, 0.717) is 0 Å². The van der Waals surface area contributed by atoms with Crippen molar-refractivity contribution in [1.29, 1.82) is 0 Å². The number of hydrogen-bond acceptors (Lipinski definition) is 9. The van der Waals surface area contributed by atoms with Crippen molar-refractivity contribution in [3.05, 3.63) is 69.8 Å². The number of ketones is 1. The van der Waals surface area contributed by atoms with Crippen LogP contribution in [0.25, 0.3) is 0 Å². The van der Waals surface area contributed by atoms with E-state index in [1.54, 1.807) is 0 Å². The highest BCUT2D eigenvalue weighted by molar-refractivity contribution is 9.12. The quantitative estimate of drug-likeness (QED) is 0.0736. The molecule has 2 aromatic rings. The molecule has 3 aliphatic rings. The molecule has 6 unspecified atom stereocenters. The largest absolute Gasteiger partial charge is 0.457 e. The van der Waals surface area contributed by atoms with E-state index in [0.717, 1.165) is 11.3 Å². The number of fused-ring (bicyclic) bond motifs is 5. The van der Waals surface area contributed by atoms with Crippen molar-refractivity contribution < 1.29 is 38.4 Å². The van der Waals surface area contributed by atoms with E-state index < -0.39 is 29.3 Å². The summed E-state index contributed by atoms with van der Waals surface area (Å²) in [4.78, 5) is 74.4. The number of nitro groups is 1. The molecular weight excluding hydrogens is 656 g/mol. The standard InChI is InChI=1S/C27H22Br2N2O9/c28-23-17-11-18(24(23)29)22-21(17)25(34)30(26(22)35)10-9-20(33)39-12-19(32)13-3-7-16(8-4-13)40-27(36)14-1-5-15(6-2-14)31(37)38/h1-8,17-18,21-24H,9-12H2. The highest BCUT2D eigenvalue weighted by atomic mass is 79.9. The molecule has 0 radical (unpaired) electrons. The fourth-order valence-electron chi connectivity index (χ4n) is 5.73. The van der Waals surface area contributed by atoms with Crippen LogP contribution < -0.4 is 4.74 Å². The Morgan fingerprint density at radius 3 is 2.00 bits per heavy atom. The van der Waals surface area contributed by atoms with E-state index in [1.165, 1.54) is 48.5 Å². The second-order valence-corrected chi connectivity index (χ2v) is 12.0. The molecule has 5 rings (SSSR count). The molecule has 2 amide bonds. The molecule has 208 valence electrons. The summed E-state index contributed by atoms with van der Waals surface area (Å²) in [7, 11) is 0. The van der Waals surface area contributed by atoms with Gasteiger partial charge in [0.15, 0.2) is 12.4 Å². The van der Waals surface area contributed by atoms with Crippen LogP contribution in [0.5, 0.6) is 5.75 Å². The lowest BCUT2D eigenvalue weighted by Crippen LogP contribution is -2.37. The lowest BCUT2D eigenvalue weighted by atomic mass is 9.81. The van der Waals surface area contributed by atoms with Gasteiger partial charge >= 0.3 is 11.9 Å². The molecule has 2 bridgehead atoms. The Bertz CT molecular complexity index is 1360. The predicted octanol–water partition coefficient (Wildman–Crippen LogP) is 3.71. The van der Waals surface area contributed by atoms with Gasteiger partial charge in [0.1, 0.15) is 5.75 Å². The van der Waals surface area contributed by atoms with E-state index in [-0.39, 0.29) is 80.7 Å². The van der Waals surface area contributed by atoms with Crippen LogP contribution in [0.15, 0.2) is 48.5 Å². The van der Waals surface area contributed by atoms with Crippen LogP contribution in [0.2, 0.25) is 0 Å². The Kier molecular flexibility index (Phi) is 7.87. The van der Waals surface area contributed by atoms with Gasteiger partial charge in [-0.05, 0) is 54.7 Å². The molecule has 2 saturated carbocycles. The molecule has 2 aromatic carbocycles. The van der Waals surface area contributed by atoms with Gasteiger partial charge in [0, 0.05) is 33.9 Å². The van der Waals surface area contributed by atoms with Crippen LogP contribution in [0.4, 0.5) is 5.69 Å². The first-order valence-corrected chi connectivity index (χ1v) is 14.3. The Morgan fingerprint density at radius 2 is 1.45 bits per heavy atom. The first kappa shape index (κ1) is 28.1. The van der Waals surface area contributed by atoms with Crippen molar-refractivity contribution in [2.75, 3.05) is 13.2 Å². The fourth-order valence-corrected chi connectivity index (χ4v) is 7.60. The number of nitro benzene ring substituents is 1. The average molecular weight is 678 g/mol. The number of benzene rings is 2. The Labute approximate surface area is 244 Å². The van der Waals surface area contributed by atoms with Crippen LogP contribution in [0.3, 0.4) is 0 Å². The molecule has 1 saturated heterocycles. The van der Waals surface area contributed by atoms with Crippen molar-refractivity contribution in [2.24, 2.45) is 23.7 Å². The lowest BCUT2D eigenvalue weighted by molar-refractivity contribution is -0.384. The van der Waals surface area contributed by atoms with Gasteiger partial charge in [-0.1, -0.05) is 31.9 Å². The third kappa shape index (κ3) is 5.19. The smallest absolute Gasteiger partial charge is 0.343 e. The number of non-ortho nitro benzene ring substituents is 1. The molecule has 0 N–H and O–H groups in total. The summed E-state index contributed by atoms with van der Waals surface area (Å²) in [5, 5.41) is 10.7. The van der Waals surface area contributed by atoms with Gasteiger partial charge in [0.25, 0.3) is 5.69 Å². The minimum Gasteiger partial charge on any atom is -0.457 e. The number of nitrogens with zero attached hydrogens (tertiary/aromatic N) is 2. The molecule has 3 fully saturated rings. The number of imide groups is 1. The summed E-state index contributed by atoms with van der Waals surface area (Å²) in [5.41, 5.74) is 0.170. The highest BCUT2D eigenvalue weighted by Crippen LogP contribution is 2.60. The zero-order valence-electron chi connectivity index (χ0n) is 20.7. The number of rotatable bonds is 9. The number of esters is 2. The molecule has 40 heavy (non-hydrogen) atoms. The minimum absolute atomic E-state index is 0.0858. The van der Waals surface area contributed by atoms with E-state index in [1.807, 2.05) is 0 Å². The van der Waals surface area contributed by atoms with E-state index in [2.05, 4.69) is 31.9 Å². The number of hydrogen-bond donors (Lipinski definition) is 0. The number of likely N-dealkylation sites (tertiary alicyclic amines) is 1. The lowest BCUT2D eigenvalue weighted by Gasteiger charge is -2.28. The van der Waals surface area contributed by atoms with Gasteiger partial charge in [-0.3, -0.25) is 34.2 Å². The zero-order valence-corrected chi connectivity index (χ0v) is 23.9. The maximum atomic E-state index is 12.9. The van der Waals surface area contributed by atoms with Gasteiger partial charge in [-0.2, -0.15) is 0 Å². The Balaban J connectivity index is 1.08. The van der Waals surface area contributed by atoms with Crippen LogP contribution in [0.1, 0.15) is 33.6 Å². The minimum atomic E-state index is -0.729. The SMILES string of the molecule is O=C(CCN1C(=O)C2C3CC(C(Br)C3Br)C2C1=O)OCC(=O)c1ccc(OC(=O)c2ccc([N+](=O)[O-])cc2)cc1. The number of amides is 2.